The molecule has 2 rings (SSSR count). The molecule has 0 saturated heterocycles. The van der Waals surface area contributed by atoms with Crippen LogP contribution < -0.4 is 0 Å². The van der Waals surface area contributed by atoms with Gasteiger partial charge in [-0.3, -0.25) is 0 Å². The van der Waals surface area contributed by atoms with Gasteiger partial charge in [-0.15, -0.1) is 0 Å². The van der Waals surface area contributed by atoms with Crippen LogP contribution in [0.15, 0.2) is 24.3 Å². The second kappa shape index (κ2) is 3.93. The molecule has 0 fully saturated rings. The third-order valence-electron chi connectivity index (χ3n) is 2.08. The quantitative estimate of drug-likeness (QED) is 0.754. The molecule has 0 N–H and O–H groups in total. The van der Waals surface area contributed by atoms with Crippen molar-refractivity contribution in [3.05, 3.63) is 35.1 Å². The molecule has 1 aromatic carbocycles. The fourth-order valence-corrected chi connectivity index (χ4v) is 1.64. The zero-order valence-corrected chi connectivity index (χ0v) is 8.75. The maximum atomic E-state index is 6.01. The molecule has 0 aliphatic carbocycles. The van der Waals surface area contributed by atoms with Crippen LogP contribution in [0.3, 0.4) is 0 Å². The number of aryl methyl sites for hydroxylation is 1. The summed E-state index contributed by atoms with van der Waals surface area (Å²) in [6.07, 6.45) is 1.92. The molecule has 1 aromatic heterocycles. The van der Waals surface area contributed by atoms with Crippen molar-refractivity contribution in [1.82, 2.24) is 9.97 Å². The molecule has 0 bridgehead atoms. The average Bonchev–Trinajstić information content (AvgIpc) is 2.19. The largest absolute Gasteiger partial charge is 0.248 e. The minimum absolute atomic E-state index is 0.533. The molecule has 0 saturated carbocycles. The molecule has 1 heterocycles. The first-order valence-corrected chi connectivity index (χ1v) is 5.10. The van der Waals surface area contributed by atoms with E-state index in [1.54, 1.807) is 0 Å². The fourth-order valence-electron chi connectivity index (χ4n) is 1.41. The van der Waals surface area contributed by atoms with Gasteiger partial charge in [0.05, 0.1) is 16.7 Å². The van der Waals surface area contributed by atoms with Crippen LogP contribution in [-0.4, -0.2) is 9.97 Å². The lowest BCUT2D eigenvalue weighted by Crippen LogP contribution is -1.94. The first kappa shape index (κ1) is 9.41. The fraction of sp³-hybridized carbons (Fsp3) is 0.273. The Morgan fingerprint density at radius 1 is 1.14 bits per heavy atom. The first-order chi connectivity index (χ1) is 6.81. The molecule has 0 unspecified atom stereocenters. The van der Waals surface area contributed by atoms with Gasteiger partial charge in [-0.25, -0.2) is 9.97 Å². The van der Waals surface area contributed by atoms with Crippen LogP contribution in [0.4, 0.5) is 0 Å². The van der Waals surface area contributed by atoms with Crippen molar-refractivity contribution in [3.8, 4) is 0 Å². The summed E-state index contributed by atoms with van der Waals surface area (Å²) in [5.74, 6) is 0. The van der Waals surface area contributed by atoms with Gasteiger partial charge in [0.1, 0.15) is 0 Å². The smallest absolute Gasteiger partial charge is 0.151 e. The minimum Gasteiger partial charge on any atom is -0.248 e. The lowest BCUT2D eigenvalue weighted by atomic mass is 10.2. The number of hydrogen-bond donors (Lipinski definition) is 0. The minimum atomic E-state index is 0.533. The lowest BCUT2D eigenvalue weighted by Gasteiger charge is -2.02. The third-order valence-corrected chi connectivity index (χ3v) is 2.38. The van der Waals surface area contributed by atoms with E-state index in [9.17, 15) is 0 Å². The highest BCUT2D eigenvalue weighted by Crippen LogP contribution is 2.17. The standard InChI is InChI=1S/C11H11ClN2/c1-2-5-10-11(12)14-9-7-4-3-6-8(9)13-10/h3-4,6-7H,2,5H2,1H3. The zero-order valence-electron chi connectivity index (χ0n) is 8.00. The summed E-state index contributed by atoms with van der Waals surface area (Å²) in [4.78, 5) is 8.77. The molecule has 3 heteroatoms. The van der Waals surface area contributed by atoms with Crippen LogP contribution in [0.5, 0.6) is 0 Å². The van der Waals surface area contributed by atoms with Gasteiger partial charge in [0.15, 0.2) is 5.15 Å². The highest BCUT2D eigenvalue weighted by molar-refractivity contribution is 6.30. The molecule has 0 aliphatic rings. The molecule has 0 radical (unpaired) electrons. The molecule has 72 valence electrons. The van der Waals surface area contributed by atoms with Gasteiger partial charge in [0.2, 0.25) is 0 Å². The summed E-state index contributed by atoms with van der Waals surface area (Å²) in [6, 6.07) is 7.77. The molecule has 0 spiro atoms. The van der Waals surface area contributed by atoms with Gasteiger partial charge in [0, 0.05) is 0 Å². The molecule has 0 atom stereocenters. The van der Waals surface area contributed by atoms with Crippen molar-refractivity contribution in [2.75, 3.05) is 0 Å². The molecule has 0 amide bonds. The van der Waals surface area contributed by atoms with Gasteiger partial charge in [-0.1, -0.05) is 37.1 Å². The maximum Gasteiger partial charge on any atom is 0.151 e. The Balaban J connectivity index is 2.59. The van der Waals surface area contributed by atoms with E-state index in [1.807, 2.05) is 24.3 Å². The number of nitrogens with zero attached hydrogens (tertiary/aromatic N) is 2. The van der Waals surface area contributed by atoms with Crippen LogP contribution >= 0.6 is 11.6 Å². The highest BCUT2D eigenvalue weighted by atomic mass is 35.5. The number of halogens is 1. The lowest BCUT2D eigenvalue weighted by molar-refractivity contribution is 0.882. The molecule has 2 nitrogen and oxygen atoms in total. The molecular weight excluding hydrogens is 196 g/mol. The Kier molecular flexibility index (Phi) is 2.64. The van der Waals surface area contributed by atoms with E-state index in [0.717, 1.165) is 29.6 Å². The Hall–Kier alpha value is -1.15. The van der Waals surface area contributed by atoms with E-state index in [1.165, 1.54) is 0 Å². The second-order valence-electron chi connectivity index (χ2n) is 3.20. The molecular formula is C11H11ClN2. The van der Waals surface area contributed by atoms with E-state index in [4.69, 9.17) is 11.6 Å². The summed E-state index contributed by atoms with van der Waals surface area (Å²) in [7, 11) is 0. The SMILES string of the molecule is CCCc1nc2ccccc2nc1Cl. The van der Waals surface area contributed by atoms with E-state index < -0.39 is 0 Å². The molecule has 0 aliphatic heterocycles. The summed E-state index contributed by atoms with van der Waals surface area (Å²) >= 11 is 6.01. The maximum absolute atomic E-state index is 6.01. The summed E-state index contributed by atoms with van der Waals surface area (Å²) in [5, 5.41) is 0.533. The van der Waals surface area contributed by atoms with Crippen molar-refractivity contribution in [2.24, 2.45) is 0 Å². The monoisotopic (exact) mass is 206 g/mol. The van der Waals surface area contributed by atoms with Crippen molar-refractivity contribution in [1.29, 1.82) is 0 Å². The highest BCUT2D eigenvalue weighted by Gasteiger charge is 2.04. The summed E-state index contributed by atoms with van der Waals surface area (Å²) < 4.78 is 0. The van der Waals surface area contributed by atoms with Crippen LogP contribution in [-0.2, 0) is 6.42 Å². The Morgan fingerprint density at radius 2 is 1.79 bits per heavy atom. The van der Waals surface area contributed by atoms with Gasteiger partial charge in [-0.2, -0.15) is 0 Å². The van der Waals surface area contributed by atoms with Crippen molar-refractivity contribution < 1.29 is 0 Å². The van der Waals surface area contributed by atoms with E-state index >= 15 is 0 Å². The van der Waals surface area contributed by atoms with E-state index in [0.29, 0.717) is 5.15 Å². The van der Waals surface area contributed by atoms with Crippen LogP contribution in [0.25, 0.3) is 11.0 Å². The van der Waals surface area contributed by atoms with Crippen molar-refractivity contribution >= 4 is 22.6 Å². The first-order valence-electron chi connectivity index (χ1n) is 4.72. The third kappa shape index (κ3) is 1.70. The predicted octanol–water partition coefficient (Wildman–Crippen LogP) is 3.24. The van der Waals surface area contributed by atoms with Crippen LogP contribution in [0.2, 0.25) is 5.15 Å². The zero-order chi connectivity index (χ0) is 9.97. The Bertz CT molecular complexity index is 454. The number of aromatic nitrogens is 2. The van der Waals surface area contributed by atoms with E-state index in [2.05, 4.69) is 16.9 Å². The Labute approximate surface area is 88.0 Å². The average molecular weight is 207 g/mol. The van der Waals surface area contributed by atoms with Gasteiger partial charge in [-0.05, 0) is 18.6 Å². The topological polar surface area (TPSA) is 25.8 Å². The molecule has 14 heavy (non-hydrogen) atoms. The van der Waals surface area contributed by atoms with Gasteiger partial charge >= 0.3 is 0 Å². The number of para-hydroxylation sites is 2. The number of benzene rings is 1. The van der Waals surface area contributed by atoms with Gasteiger partial charge < -0.3 is 0 Å². The second-order valence-corrected chi connectivity index (χ2v) is 3.56. The predicted molar refractivity (Wildman–Crippen MR) is 58.5 cm³/mol. The number of hydrogen-bond acceptors (Lipinski definition) is 2. The van der Waals surface area contributed by atoms with Crippen molar-refractivity contribution in [3.63, 3.8) is 0 Å². The Morgan fingerprint density at radius 3 is 2.43 bits per heavy atom. The number of rotatable bonds is 2. The summed E-state index contributed by atoms with van der Waals surface area (Å²) in [6.45, 7) is 2.10. The summed E-state index contributed by atoms with van der Waals surface area (Å²) in [5.41, 5.74) is 2.67. The van der Waals surface area contributed by atoms with Crippen LogP contribution in [0, 0.1) is 0 Å². The van der Waals surface area contributed by atoms with E-state index in [-0.39, 0.29) is 0 Å². The number of fused-ring (bicyclic) bond motifs is 1. The molecule has 2 aromatic rings. The van der Waals surface area contributed by atoms with Gasteiger partial charge in [0.25, 0.3) is 0 Å². The normalized spacial score (nSPS) is 10.7. The van der Waals surface area contributed by atoms with Crippen LogP contribution in [0.1, 0.15) is 19.0 Å². The van der Waals surface area contributed by atoms with Crippen molar-refractivity contribution in [2.45, 2.75) is 19.8 Å².